The van der Waals surface area contributed by atoms with Crippen molar-refractivity contribution >= 4 is 26.0 Å². The summed E-state index contributed by atoms with van der Waals surface area (Å²) < 4.78 is 28.0. The molecule has 0 saturated carbocycles. The predicted octanol–water partition coefficient (Wildman–Crippen LogP) is 3.49. The monoisotopic (exact) mass is 339 g/mol. The van der Waals surface area contributed by atoms with Crippen LogP contribution >= 0.6 is 15.9 Å². The molecule has 0 unspecified atom stereocenters. The average Bonchev–Trinajstić information content (AvgIpc) is 2.39. The summed E-state index contributed by atoms with van der Waals surface area (Å²) in [6.07, 6.45) is 0. The second-order valence-electron chi connectivity index (χ2n) is 4.21. The first kappa shape index (κ1) is 14.2. The second-order valence-corrected chi connectivity index (χ2v) is 6.84. The molecule has 0 aliphatic heterocycles. The number of hydrogen-bond donors (Lipinski definition) is 1. The maximum atomic E-state index is 12.2. The molecule has 3 nitrogen and oxygen atoms in total. The van der Waals surface area contributed by atoms with Gasteiger partial charge in [0.1, 0.15) is 0 Å². The van der Waals surface area contributed by atoms with Crippen molar-refractivity contribution in [2.24, 2.45) is 0 Å². The fourth-order valence-electron chi connectivity index (χ4n) is 1.74. The number of sulfonamides is 1. The Morgan fingerprint density at radius 3 is 2.37 bits per heavy atom. The highest BCUT2D eigenvalue weighted by molar-refractivity contribution is 9.10. The van der Waals surface area contributed by atoms with E-state index in [1.165, 1.54) is 0 Å². The van der Waals surface area contributed by atoms with Crippen LogP contribution in [-0.4, -0.2) is 8.42 Å². The largest absolute Gasteiger partial charge is 0.241 e. The Kier molecular flexibility index (Phi) is 4.39. The van der Waals surface area contributed by atoms with Crippen LogP contribution in [0.1, 0.15) is 18.5 Å². The standard InChI is InChI=1S/C14H14BrNO2S/c1-11(12-6-5-7-13(15)10-12)16-19(17,18)14-8-3-2-4-9-14/h2-11,16H,1H3/t11-/m1/s1. The SMILES string of the molecule is C[C@@H](NS(=O)(=O)c1ccccc1)c1cccc(Br)c1. The minimum atomic E-state index is -3.49. The van der Waals surface area contributed by atoms with Gasteiger partial charge in [-0.15, -0.1) is 0 Å². The van der Waals surface area contributed by atoms with E-state index < -0.39 is 10.0 Å². The van der Waals surface area contributed by atoms with Crippen molar-refractivity contribution in [3.8, 4) is 0 Å². The zero-order valence-corrected chi connectivity index (χ0v) is 12.8. The molecule has 0 aliphatic rings. The first-order chi connectivity index (χ1) is 8.99. The lowest BCUT2D eigenvalue weighted by Gasteiger charge is -2.15. The van der Waals surface area contributed by atoms with Gasteiger partial charge in [0.25, 0.3) is 0 Å². The number of benzene rings is 2. The number of rotatable bonds is 4. The van der Waals surface area contributed by atoms with Gasteiger partial charge >= 0.3 is 0 Å². The van der Waals surface area contributed by atoms with Gasteiger partial charge in [-0.05, 0) is 36.8 Å². The van der Waals surface area contributed by atoms with Crippen molar-refractivity contribution < 1.29 is 8.42 Å². The van der Waals surface area contributed by atoms with Crippen LogP contribution in [0.4, 0.5) is 0 Å². The topological polar surface area (TPSA) is 46.2 Å². The van der Waals surface area contributed by atoms with Crippen LogP contribution in [0.2, 0.25) is 0 Å². The van der Waals surface area contributed by atoms with E-state index in [1.54, 1.807) is 30.3 Å². The maximum Gasteiger partial charge on any atom is 0.241 e. The Morgan fingerprint density at radius 1 is 1.05 bits per heavy atom. The fraction of sp³-hybridized carbons (Fsp3) is 0.143. The summed E-state index contributed by atoms with van der Waals surface area (Å²) in [5, 5.41) is 0. The molecule has 2 aromatic rings. The summed E-state index contributed by atoms with van der Waals surface area (Å²) in [5.74, 6) is 0. The van der Waals surface area contributed by atoms with E-state index in [4.69, 9.17) is 0 Å². The second kappa shape index (κ2) is 5.86. The molecule has 0 aliphatic carbocycles. The van der Waals surface area contributed by atoms with Gasteiger partial charge in [-0.25, -0.2) is 13.1 Å². The molecule has 100 valence electrons. The van der Waals surface area contributed by atoms with E-state index in [9.17, 15) is 8.42 Å². The normalized spacial score (nSPS) is 13.2. The van der Waals surface area contributed by atoms with Crippen molar-refractivity contribution in [3.63, 3.8) is 0 Å². The van der Waals surface area contributed by atoms with Crippen LogP contribution in [0.3, 0.4) is 0 Å². The first-order valence-electron chi connectivity index (χ1n) is 5.82. The molecule has 0 fully saturated rings. The predicted molar refractivity (Wildman–Crippen MR) is 79.3 cm³/mol. The van der Waals surface area contributed by atoms with Gasteiger partial charge in [-0.1, -0.05) is 46.3 Å². The van der Waals surface area contributed by atoms with Gasteiger partial charge in [0, 0.05) is 10.5 Å². The highest BCUT2D eigenvalue weighted by atomic mass is 79.9. The third-order valence-electron chi connectivity index (χ3n) is 2.73. The molecular weight excluding hydrogens is 326 g/mol. The Morgan fingerprint density at radius 2 is 1.74 bits per heavy atom. The summed E-state index contributed by atoms with van der Waals surface area (Å²) in [6, 6.07) is 15.7. The van der Waals surface area contributed by atoms with Gasteiger partial charge in [-0.2, -0.15) is 0 Å². The molecular formula is C14H14BrNO2S. The molecule has 1 atom stereocenters. The Labute approximate surface area is 121 Å². The lowest BCUT2D eigenvalue weighted by Crippen LogP contribution is -2.26. The van der Waals surface area contributed by atoms with Crippen molar-refractivity contribution in [1.29, 1.82) is 0 Å². The molecule has 2 rings (SSSR count). The molecule has 19 heavy (non-hydrogen) atoms. The van der Waals surface area contributed by atoms with E-state index >= 15 is 0 Å². The summed E-state index contributed by atoms with van der Waals surface area (Å²) in [5.41, 5.74) is 0.911. The van der Waals surface area contributed by atoms with Crippen LogP contribution < -0.4 is 4.72 Å². The van der Waals surface area contributed by atoms with Gasteiger partial charge in [-0.3, -0.25) is 0 Å². The first-order valence-corrected chi connectivity index (χ1v) is 8.09. The highest BCUT2D eigenvalue weighted by Gasteiger charge is 2.17. The van der Waals surface area contributed by atoms with Crippen molar-refractivity contribution in [3.05, 3.63) is 64.6 Å². The van der Waals surface area contributed by atoms with E-state index in [0.29, 0.717) is 0 Å². The highest BCUT2D eigenvalue weighted by Crippen LogP contribution is 2.20. The molecule has 0 bridgehead atoms. The number of hydrogen-bond acceptors (Lipinski definition) is 2. The fourth-order valence-corrected chi connectivity index (χ4v) is 3.41. The number of halogens is 1. The van der Waals surface area contributed by atoms with Gasteiger partial charge in [0.2, 0.25) is 10.0 Å². The average molecular weight is 340 g/mol. The Hall–Kier alpha value is -1.17. The van der Waals surface area contributed by atoms with E-state index in [1.807, 2.05) is 31.2 Å². The van der Waals surface area contributed by atoms with Crippen molar-refractivity contribution in [2.75, 3.05) is 0 Å². The summed E-state index contributed by atoms with van der Waals surface area (Å²) >= 11 is 3.38. The van der Waals surface area contributed by atoms with Gasteiger partial charge < -0.3 is 0 Å². The third-order valence-corrected chi connectivity index (χ3v) is 4.78. The summed E-state index contributed by atoms with van der Waals surface area (Å²) in [7, 11) is -3.49. The van der Waals surface area contributed by atoms with E-state index in [0.717, 1.165) is 10.0 Å². The Balaban J connectivity index is 2.22. The Bertz CT molecular complexity index is 656. The molecule has 0 aromatic heterocycles. The van der Waals surface area contributed by atoms with Gasteiger partial charge in [0.15, 0.2) is 0 Å². The van der Waals surface area contributed by atoms with Gasteiger partial charge in [0.05, 0.1) is 4.90 Å². The van der Waals surface area contributed by atoms with Crippen LogP contribution in [-0.2, 0) is 10.0 Å². The third kappa shape index (κ3) is 3.65. The van der Waals surface area contributed by atoms with Crippen molar-refractivity contribution in [2.45, 2.75) is 17.9 Å². The molecule has 0 radical (unpaired) electrons. The summed E-state index contributed by atoms with van der Waals surface area (Å²) in [4.78, 5) is 0.275. The van der Waals surface area contributed by atoms with E-state index in [2.05, 4.69) is 20.7 Å². The maximum absolute atomic E-state index is 12.2. The van der Waals surface area contributed by atoms with Crippen molar-refractivity contribution in [1.82, 2.24) is 4.72 Å². The van der Waals surface area contributed by atoms with Crippen LogP contribution in [0.25, 0.3) is 0 Å². The molecule has 2 aromatic carbocycles. The summed E-state index contributed by atoms with van der Waals surface area (Å²) in [6.45, 7) is 1.82. The molecule has 0 saturated heterocycles. The van der Waals surface area contributed by atoms with Crippen LogP contribution in [0.5, 0.6) is 0 Å². The van der Waals surface area contributed by atoms with Crippen LogP contribution in [0, 0.1) is 0 Å². The smallest absolute Gasteiger partial charge is 0.207 e. The lowest BCUT2D eigenvalue weighted by atomic mass is 10.1. The zero-order valence-electron chi connectivity index (χ0n) is 10.4. The zero-order chi connectivity index (χ0) is 13.9. The lowest BCUT2D eigenvalue weighted by molar-refractivity contribution is 0.567. The molecule has 0 heterocycles. The minimum absolute atomic E-state index is 0.275. The minimum Gasteiger partial charge on any atom is -0.207 e. The molecule has 1 N–H and O–H groups in total. The molecule has 0 amide bonds. The van der Waals surface area contributed by atoms with E-state index in [-0.39, 0.29) is 10.9 Å². The quantitative estimate of drug-likeness (QED) is 0.926. The van der Waals surface area contributed by atoms with Crippen LogP contribution in [0.15, 0.2) is 64.0 Å². The number of nitrogens with one attached hydrogen (secondary N) is 1. The molecule has 0 spiro atoms. The molecule has 5 heteroatoms.